The van der Waals surface area contributed by atoms with Crippen molar-refractivity contribution in [2.45, 2.75) is 46.6 Å². The first-order valence-corrected chi connectivity index (χ1v) is 8.17. The van der Waals surface area contributed by atoms with Crippen molar-refractivity contribution in [2.24, 2.45) is 0 Å². The van der Waals surface area contributed by atoms with Crippen LogP contribution in [-0.2, 0) is 16.0 Å². The molecular formula is C17H24N4O2. The summed E-state index contributed by atoms with van der Waals surface area (Å²) in [6, 6.07) is 1.98. The van der Waals surface area contributed by atoms with Gasteiger partial charge in [-0.15, -0.1) is 0 Å². The van der Waals surface area contributed by atoms with Crippen LogP contribution in [0.2, 0.25) is 0 Å². The van der Waals surface area contributed by atoms with Gasteiger partial charge in [-0.2, -0.15) is 5.10 Å². The monoisotopic (exact) mass is 316 g/mol. The summed E-state index contributed by atoms with van der Waals surface area (Å²) in [5.74, 6) is 0.190. The van der Waals surface area contributed by atoms with Gasteiger partial charge in [0.15, 0.2) is 5.65 Å². The molecule has 0 spiro atoms. The maximum atomic E-state index is 12.4. The van der Waals surface area contributed by atoms with Gasteiger partial charge in [0.2, 0.25) is 5.91 Å². The summed E-state index contributed by atoms with van der Waals surface area (Å²) in [6.07, 6.45) is 1.33. The lowest BCUT2D eigenvalue weighted by atomic mass is 10.1. The molecule has 1 amide bonds. The molecule has 3 rings (SSSR count). The molecule has 0 radical (unpaired) electrons. The van der Waals surface area contributed by atoms with Gasteiger partial charge in [-0.3, -0.25) is 4.79 Å². The predicted molar refractivity (Wildman–Crippen MR) is 87.5 cm³/mol. The standard InChI is InChI=1S/C17H24N4O2/c1-11-9-16-18-13(3)15(14(4)21(16)19-11)5-6-17(22)20-7-8-23-12(2)10-20/h9,12H,5-8,10H2,1-4H3/t12-/m1/s1. The summed E-state index contributed by atoms with van der Waals surface area (Å²) in [4.78, 5) is 19.0. The number of fused-ring (bicyclic) bond motifs is 1. The number of morpholine rings is 1. The van der Waals surface area contributed by atoms with E-state index in [1.54, 1.807) is 0 Å². The molecular weight excluding hydrogens is 292 g/mol. The van der Waals surface area contributed by atoms with E-state index in [1.165, 1.54) is 0 Å². The molecule has 3 heterocycles. The predicted octanol–water partition coefficient (Wildman–Crippen LogP) is 1.83. The summed E-state index contributed by atoms with van der Waals surface area (Å²) in [5, 5.41) is 4.48. The van der Waals surface area contributed by atoms with Crippen LogP contribution in [-0.4, -0.2) is 51.2 Å². The molecule has 0 unspecified atom stereocenters. The molecule has 2 aromatic heterocycles. The van der Waals surface area contributed by atoms with Crippen LogP contribution in [0, 0.1) is 20.8 Å². The largest absolute Gasteiger partial charge is 0.375 e. The number of ether oxygens (including phenoxy) is 1. The van der Waals surface area contributed by atoms with Crippen LogP contribution < -0.4 is 0 Å². The second-order valence-corrected chi connectivity index (χ2v) is 6.34. The van der Waals surface area contributed by atoms with Crippen LogP contribution in [0.25, 0.3) is 5.65 Å². The van der Waals surface area contributed by atoms with Gasteiger partial charge in [0.25, 0.3) is 0 Å². The average molecular weight is 316 g/mol. The first kappa shape index (κ1) is 15.9. The second-order valence-electron chi connectivity index (χ2n) is 6.34. The van der Waals surface area contributed by atoms with Gasteiger partial charge < -0.3 is 9.64 Å². The lowest BCUT2D eigenvalue weighted by Gasteiger charge is -2.31. The molecule has 0 bridgehead atoms. The number of rotatable bonds is 3. The Balaban J connectivity index is 1.75. The topological polar surface area (TPSA) is 59.7 Å². The smallest absolute Gasteiger partial charge is 0.223 e. The van der Waals surface area contributed by atoms with Crippen molar-refractivity contribution in [1.82, 2.24) is 19.5 Å². The Morgan fingerprint density at radius 2 is 2.17 bits per heavy atom. The zero-order valence-corrected chi connectivity index (χ0v) is 14.3. The molecule has 0 N–H and O–H groups in total. The van der Waals surface area contributed by atoms with E-state index in [0.717, 1.165) is 28.3 Å². The molecule has 1 saturated heterocycles. The molecule has 0 saturated carbocycles. The van der Waals surface area contributed by atoms with E-state index in [0.29, 0.717) is 32.5 Å². The van der Waals surface area contributed by atoms with Gasteiger partial charge in [-0.05, 0) is 39.7 Å². The highest BCUT2D eigenvalue weighted by atomic mass is 16.5. The molecule has 1 aliphatic rings. The van der Waals surface area contributed by atoms with Gasteiger partial charge >= 0.3 is 0 Å². The third-order valence-corrected chi connectivity index (χ3v) is 4.47. The molecule has 1 atom stereocenters. The van der Waals surface area contributed by atoms with Crippen molar-refractivity contribution < 1.29 is 9.53 Å². The Morgan fingerprint density at radius 1 is 1.39 bits per heavy atom. The quantitative estimate of drug-likeness (QED) is 0.867. The normalized spacial score (nSPS) is 18.6. The minimum absolute atomic E-state index is 0.126. The number of amides is 1. The van der Waals surface area contributed by atoms with Crippen LogP contribution in [0.5, 0.6) is 0 Å². The van der Waals surface area contributed by atoms with E-state index in [2.05, 4.69) is 10.1 Å². The Bertz CT molecular complexity index is 738. The third-order valence-electron chi connectivity index (χ3n) is 4.47. The maximum Gasteiger partial charge on any atom is 0.223 e. The molecule has 23 heavy (non-hydrogen) atoms. The van der Waals surface area contributed by atoms with Gasteiger partial charge in [0.05, 0.1) is 18.4 Å². The van der Waals surface area contributed by atoms with Gasteiger partial charge in [0, 0.05) is 37.0 Å². The summed E-state index contributed by atoms with van der Waals surface area (Å²) in [5.41, 5.74) is 5.00. The van der Waals surface area contributed by atoms with Crippen molar-refractivity contribution in [2.75, 3.05) is 19.7 Å². The van der Waals surface area contributed by atoms with Crippen LogP contribution in [0.1, 0.15) is 36.0 Å². The van der Waals surface area contributed by atoms with Gasteiger partial charge in [-0.1, -0.05) is 0 Å². The molecule has 6 nitrogen and oxygen atoms in total. The number of carbonyl (C=O) groups excluding carboxylic acids is 1. The molecule has 124 valence electrons. The van der Waals surface area contributed by atoms with Crippen molar-refractivity contribution in [3.05, 3.63) is 28.7 Å². The van der Waals surface area contributed by atoms with Crippen molar-refractivity contribution in [1.29, 1.82) is 0 Å². The number of aryl methyl sites for hydroxylation is 3. The first-order chi connectivity index (χ1) is 11.0. The summed E-state index contributed by atoms with van der Waals surface area (Å²) in [7, 11) is 0. The van der Waals surface area contributed by atoms with Crippen molar-refractivity contribution >= 4 is 11.6 Å². The van der Waals surface area contributed by atoms with E-state index in [4.69, 9.17) is 4.74 Å². The highest BCUT2D eigenvalue weighted by molar-refractivity contribution is 5.76. The van der Waals surface area contributed by atoms with Crippen LogP contribution >= 0.6 is 0 Å². The number of carbonyl (C=O) groups is 1. The second kappa shape index (κ2) is 6.28. The first-order valence-electron chi connectivity index (χ1n) is 8.17. The Kier molecular flexibility index (Phi) is 4.35. The van der Waals surface area contributed by atoms with Crippen molar-refractivity contribution in [3.8, 4) is 0 Å². The fourth-order valence-electron chi connectivity index (χ4n) is 3.24. The van der Waals surface area contributed by atoms with Crippen LogP contribution in [0.15, 0.2) is 6.07 Å². The molecule has 1 aliphatic heterocycles. The van der Waals surface area contributed by atoms with E-state index in [1.807, 2.05) is 43.2 Å². The van der Waals surface area contributed by atoms with Crippen LogP contribution in [0.4, 0.5) is 0 Å². The average Bonchev–Trinajstić information content (AvgIpc) is 2.87. The van der Waals surface area contributed by atoms with Crippen molar-refractivity contribution in [3.63, 3.8) is 0 Å². The minimum atomic E-state index is 0.126. The minimum Gasteiger partial charge on any atom is -0.375 e. The van der Waals surface area contributed by atoms with E-state index in [9.17, 15) is 4.79 Å². The zero-order valence-electron chi connectivity index (χ0n) is 14.3. The zero-order chi connectivity index (χ0) is 16.6. The molecule has 0 aliphatic carbocycles. The number of hydrogen-bond donors (Lipinski definition) is 0. The van der Waals surface area contributed by atoms with Crippen LogP contribution in [0.3, 0.4) is 0 Å². The number of hydrogen-bond acceptors (Lipinski definition) is 4. The Morgan fingerprint density at radius 3 is 2.91 bits per heavy atom. The summed E-state index contributed by atoms with van der Waals surface area (Å²) in [6.45, 7) is 10.0. The van der Waals surface area contributed by atoms with E-state index >= 15 is 0 Å². The third kappa shape index (κ3) is 3.22. The Labute approximate surface area is 136 Å². The molecule has 2 aromatic rings. The van der Waals surface area contributed by atoms with E-state index in [-0.39, 0.29) is 12.0 Å². The van der Waals surface area contributed by atoms with Gasteiger partial charge in [-0.25, -0.2) is 9.50 Å². The highest BCUT2D eigenvalue weighted by Crippen LogP contribution is 2.18. The summed E-state index contributed by atoms with van der Waals surface area (Å²) >= 11 is 0. The molecule has 1 fully saturated rings. The number of aromatic nitrogens is 3. The SMILES string of the molecule is Cc1cc2nc(C)c(CCC(=O)N3CCO[C@H](C)C3)c(C)n2n1. The highest BCUT2D eigenvalue weighted by Gasteiger charge is 2.21. The summed E-state index contributed by atoms with van der Waals surface area (Å²) < 4.78 is 7.37. The molecule has 6 heteroatoms. The Hall–Kier alpha value is -1.95. The van der Waals surface area contributed by atoms with E-state index < -0.39 is 0 Å². The fraction of sp³-hybridized carbons (Fsp3) is 0.588. The fourth-order valence-corrected chi connectivity index (χ4v) is 3.24. The lowest BCUT2D eigenvalue weighted by molar-refractivity contribution is -0.138. The lowest BCUT2D eigenvalue weighted by Crippen LogP contribution is -2.44. The number of nitrogens with zero attached hydrogens (tertiary/aromatic N) is 4. The van der Waals surface area contributed by atoms with Gasteiger partial charge in [0.1, 0.15) is 0 Å². The molecule has 0 aromatic carbocycles. The maximum absolute atomic E-state index is 12.4.